The topological polar surface area (TPSA) is 24.7 Å². The molecule has 1 heterocycles. The number of ether oxygens (including phenoxy) is 2. The molecular formula is C49H51N2O2+. The van der Waals surface area contributed by atoms with Crippen molar-refractivity contribution in [3.05, 3.63) is 190 Å². The number of rotatable bonds is 12. The zero-order chi connectivity index (χ0) is 36.9. The maximum atomic E-state index is 6.01. The summed E-state index contributed by atoms with van der Waals surface area (Å²) < 4.78 is 14.5. The second kappa shape index (κ2) is 16.0. The molecule has 0 aliphatic carbocycles. The summed E-state index contributed by atoms with van der Waals surface area (Å²) in [6.45, 7) is 11.0. The lowest BCUT2D eigenvalue weighted by atomic mass is 9.84. The monoisotopic (exact) mass is 699 g/mol. The predicted molar refractivity (Wildman–Crippen MR) is 220 cm³/mol. The van der Waals surface area contributed by atoms with Crippen molar-refractivity contribution in [3.8, 4) is 11.5 Å². The molecule has 1 aliphatic rings. The van der Waals surface area contributed by atoms with Gasteiger partial charge in [0, 0.05) is 45.9 Å². The number of benzene rings is 6. The van der Waals surface area contributed by atoms with Crippen LogP contribution < -0.4 is 14.4 Å². The Bertz CT molecular complexity index is 2030. The van der Waals surface area contributed by atoms with E-state index in [1.807, 2.05) is 0 Å². The fourth-order valence-corrected chi connectivity index (χ4v) is 8.05. The normalized spacial score (nSPS) is 15.0. The molecule has 4 unspecified atom stereocenters. The summed E-state index contributed by atoms with van der Waals surface area (Å²) in [4.78, 5) is 2.50. The average molecular weight is 700 g/mol. The quantitative estimate of drug-likeness (QED) is 0.119. The Labute approximate surface area is 316 Å². The first kappa shape index (κ1) is 35.8. The third-order valence-corrected chi connectivity index (χ3v) is 11.3. The van der Waals surface area contributed by atoms with Crippen LogP contribution in [0, 0.1) is 0 Å². The van der Waals surface area contributed by atoms with E-state index in [1.54, 1.807) is 14.2 Å². The Morgan fingerprint density at radius 3 is 1.13 bits per heavy atom. The number of methoxy groups -OCH3 is 2. The van der Waals surface area contributed by atoms with Gasteiger partial charge in [-0.25, -0.2) is 9.48 Å². The summed E-state index contributed by atoms with van der Waals surface area (Å²) in [6, 6.07) is 52.4. The molecule has 0 N–H and O–H groups in total. The molecule has 268 valence electrons. The summed E-state index contributed by atoms with van der Waals surface area (Å²) in [6.07, 6.45) is 2.37. The molecule has 0 radical (unpaired) electrons. The smallest absolute Gasteiger partial charge is 0.244 e. The van der Waals surface area contributed by atoms with E-state index in [-0.39, 0.29) is 23.7 Å². The molecule has 0 saturated carbocycles. The van der Waals surface area contributed by atoms with Crippen molar-refractivity contribution < 1.29 is 14.0 Å². The second-order valence-electron chi connectivity index (χ2n) is 14.3. The number of anilines is 1. The maximum absolute atomic E-state index is 6.01. The van der Waals surface area contributed by atoms with Crippen molar-refractivity contribution in [2.75, 3.05) is 32.2 Å². The molecule has 0 aromatic heterocycles. The van der Waals surface area contributed by atoms with Crippen LogP contribution in [0.25, 0.3) is 0 Å². The van der Waals surface area contributed by atoms with Gasteiger partial charge in [-0.05, 0) is 46.5 Å². The Morgan fingerprint density at radius 2 is 0.792 bits per heavy atom. The lowest BCUT2D eigenvalue weighted by Crippen LogP contribution is -2.23. The van der Waals surface area contributed by atoms with Gasteiger partial charge >= 0.3 is 0 Å². The molecule has 0 spiro atoms. The van der Waals surface area contributed by atoms with E-state index in [1.165, 1.54) is 55.9 Å². The molecule has 6 aromatic rings. The molecule has 0 bridgehead atoms. The summed E-state index contributed by atoms with van der Waals surface area (Å²) >= 11 is 0. The third kappa shape index (κ3) is 7.37. The number of hydrogen-bond donors (Lipinski definition) is 0. The molecule has 0 amide bonds. The second-order valence-corrected chi connectivity index (χ2v) is 14.3. The van der Waals surface area contributed by atoms with Crippen LogP contribution in [0.1, 0.15) is 95.9 Å². The lowest BCUT2D eigenvalue weighted by Gasteiger charge is -2.25. The van der Waals surface area contributed by atoms with E-state index in [2.05, 4.69) is 189 Å². The van der Waals surface area contributed by atoms with E-state index >= 15 is 0 Å². The van der Waals surface area contributed by atoms with Crippen molar-refractivity contribution in [1.82, 2.24) is 0 Å². The zero-order valence-corrected chi connectivity index (χ0v) is 31.9. The highest BCUT2D eigenvalue weighted by atomic mass is 16.5. The van der Waals surface area contributed by atoms with Crippen LogP contribution in [0.3, 0.4) is 0 Å². The summed E-state index contributed by atoms with van der Waals surface area (Å²) in [5, 5.41) is 0. The third-order valence-electron chi connectivity index (χ3n) is 11.3. The van der Waals surface area contributed by atoms with Gasteiger partial charge in [-0.15, -0.1) is 0 Å². The van der Waals surface area contributed by atoms with Crippen molar-refractivity contribution in [1.29, 1.82) is 0 Å². The first-order valence-corrected chi connectivity index (χ1v) is 18.9. The first-order valence-electron chi connectivity index (χ1n) is 18.9. The largest absolute Gasteiger partial charge is 0.497 e. The molecule has 0 saturated heterocycles. The van der Waals surface area contributed by atoms with Gasteiger partial charge in [-0.3, -0.25) is 0 Å². The Balaban J connectivity index is 1.45. The molecule has 7 rings (SSSR count). The van der Waals surface area contributed by atoms with Crippen LogP contribution in [-0.4, -0.2) is 38.2 Å². The van der Waals surface area contributed by atoms with E-state index < -0.39 is 0 Å². The van der Waals surface area contributed by atoms with Crippen LogP contribution in [-0.2, 0) is 0 Å². The maximum Gasteiger partial charge on any atom is 0.244 e. The highest BCUT2D eigenvalue weighted by molar-refractivity contribution is 5.84. The highest BCUT2D eigenvalue weighted by Crippen LogP contribution is 2.45. The van der Waals surface area contributed by atoms with Gasteiger partial charge in [0.1, 0.15) is 36.0 Å². The molecule has 0 fully saturated rings. The van der Waals surface area contributed by atoms with Gasteiger partial charge in [0.2, 0.25) is 6.34 Å². The Kier molecular flexibility index (Phi) is 10.8. The summed E-state index contributed by atoms with van der Waals surface area (Å²) in [7, 11) is 3.56. The van der Waals surface area contributed by atoms with Gasteiger partial charge in [-0.2, -0.15) is 0 Å². The van der Waals surface area contributed by atoms with E-state index in [4.69, 9.17) is 9.47 Å². The zero-order valence-electron chi connectivity index (χ0n) is 31.9. The standard InChI is InChI=1S/C49H51N2O2/c1-34(38-19-11-7-12-20-38)44-29-42(52-5)30-45(35(2)39-21-13-8-14-22-39)48(44)50-27-28-51(33-50)49-46(36(3)40-23-15-9-16-24-40)31-43(53-6)32-47(49)37(4)41-25-17-10-18-26-41/h7-26,29-37H,27-28H2,1-6H3/q+1. The van der Waals surface area contributed by atoms with Gasteiger partial charge in [0.25, 0.3) is 0 Å². The lowest BCUT2D eigenvalue weighted by molar-refractivity contribution is -0.425. The molecule has 6 aromatic carbocycles. The van der Waals surface area contributed by atoms with E-state index in [9.17, 15) is 0 Å². The van der Waals surface area contributed by atoms with Crippen molar-refractivity contribution in [2.45, 2.75) is 51.4 Å². The minimum Gasteiger partial charge on any atom is -0.497 e. The minimum absolute atomic E-state index is 0.147. The van der Waals surface area contributed by atoms with Crippen molar-refractivity contribution in [2.24, 2.45) is 0 Å². The van der Waals surface area contributed by atoms with E-state index in [0.29, 0.717) is 0 Å². The summed E-state index contributed by atoms with van der Waals surface area (Å²) in [5.74, 6) is 2.35. The molecule has 53 heavy (non-hydrogen) atoms. The van der Waals surface area contributed by atoms with Crippen LogP contribution in [0.4, 0.5) is 11.4 Å². The molecule has 1 aliphatic heterocycles. The number of nitrogens with zero attached hydrogens (tertiary/aromatic N) is 2. The average Bonchev–Trinajstić information content (AvgIpc) is 3.72. The van der Waals surface area contributed by atoms with Crippen LogP contribution in [0.5, 0.6) is 11.5 Å². The van der Waals surface area contributed by atoms with Gasteiger partial charge in [-0.1, -0.05) is 149 Å². The van der Waals surface area contributed by atoms with Gasteiger partial charge < -0.3 is 9.47 Å². The molecule has 4 heteroatoms. The molecule has 4 atom stereocenters. The Hall–Kier alpha value is -5.61. The van der Waals surface area contributed by atoms with Crippen LogP contribution in [0.15, 0.2) is 146 Å². The number of hydrogen-bond acceptors (Lipinski definition) is 3. The Morgan fingerprint density at radius 1 is 0.472 bits per heavy atom. The van der Waals surface area contributed by atoms with Crippen molar-refractivity contribution in [3.63, 3.8) is 0 Å². The van der Waals surface area contributed by atoms with Gasteiger partial charge in [0.05, 0.1) is 14.2 Å². The molecule has 4 nitrogen and oxygen atoms in total. The summed E-state index contributed by atoms with van der Waals surface area (Å²) in [5.41, 5.74) is 12.7. The first-order chi connectivity index (χ1) is 25.9. The predicted octanol–water partition coefficient (Wildman–Crippen LogP) is 11.5. The SMILES string of the molecule is COc1cc(C(C)c2ccccc2)c(N2C=[N+](c3c(C(C)c4ccccc4)cc(OC)cc3C(C)c3ccccc3)CC2)c(C(C)c2ccccc2)c1. The van der Waals surface area contributed by atoms with E-state index in [0.717, 1.165) is 24.6 Å². The molecular weight excluding hydrogens is 649 g/mol. The highest BCUT2D eigenvalue weighted by Gasteiger charge is 2.35. The fraction of sp³-hybridized carbons (Fsp3) is 0.245. The fourth-order valence-electron chi connectivity index (χ4n) is 8.05. The van der Waals surface area contributed by atoms with Crippen molar-refractivity contribution >= 4 is 17.7 Å². The van der Waals surface area contributed by atoms with Crippen LogP contribution in [0.2, 0.25) is 0 Å². The van der Waals surface area contributed by atoms with Gasteiger partial charge in [0.15, 0.2) is 0 Å². The van der Waals surface area contributed by atoms with Crippen LogP contribution >= 0.6 is 0 Å². The minimum atomic E-state index is 0.147.